The van der Waals surface area contributed by atoms with Gasteiger partial charge in [-0.2, -0.15) is 0 Å². The number of carbonyl (C=O) groups is 3. The van der Waals surface area contributed by atoms with Gasteiger partial charge in [0.05, 0.1) is 28.8 Å². The number of hydrogen-bond donors (Lipinski definition) is 0. The summed E-state index contributed by atoms with van der Waals surface area (Å²) in [5.41, 5.74) is 2.34. The Morgan fingerprint density at radius 1 is 1.04 bits per heavy atom. The first-order chi connectivity index (χ1) is 12.9. The third-order valence-corrected chi connectivity index (χ3v) is 4.74. The largest absolute Gasteiger partial charge is 0.460 e. The lowest BCUT2D eigenvalue weighted by Crippen LogP contribution is -2.21. The van der Waals surface area contributed by atoms with Crippen molar-refractivity contribution in [2.75, 3.05) is 6.61 Å². The molecule has 0 amide bonds. The first-order valence-electron chi connectivity index (χ1n) is 8.21. The molecule has 2 aromatic heterocycles. The molecule has 0 saturated carbocycles. The van der Waals surface area contributed by atoms with Gasteiger partial charge in [-0.1, -0.05) is 35.3 Å². The molecule has 3 rings (SSSR count). The van der Waals surface area contributed by atoms with E-state index in [9.17, 15) is 14.4 Å². The van der Waals surface area contributed by atoms with Crippen LogP contribution < -0.4 is 0 Å². The molecule has 0 bridgehead atoms. The van der Waals surface area contributed by atoms with Gasteiger partial charge >= 0.3 is 5.97 Å². The van der Waals surface area contributed by atoms with Crippen LogP contribution in [0.15, 0.2) is 48.7 Å². The summed E-state index contributed by atoms with van der Waals surface area (Å²) in [6.45, 7) is 1.66. The van der Waals surface area contributed by atoms with E-state index < -0.39 is 24.0 Å². The number of carbonyl (C=O) groups excluding carboxylic acids is 3. The van der Waals surface area contributed by atoms with Gasteiger partial charge in [0, 0.05) is 17.3 Å². The fourth-order valence-corrected chi connectivity index (χ4v) is 3.10. The summed E-state index contributed by atoms with van der Waals surface area (Å²) in [4.78, 5) is 36.4. The van der Waals surface area contributed by atoms with E-state index in [0.29, 0.717) is 26.9 Å². The molecule has 0 fully saturated rings. The standard InChI is InChI=1S/C20H15Cl2NO4/c1-2-27-20(26)18(25)11-17(24)19-14(10-13-5-3-4-8-23(13)19)12-6-7-15(21)16(22)9-12/h3-10H,2,11H2,1H3. The molecule has 1 aromatic carbocycles. The number of rotatable bonds is 6. The lowest BCUT2D eigenvalue weighted by atomic mass is 10.0. The number of halogens is 2. The number of pyridine rings is 1. The number of hydrogen-bond acceptors (Lipinski definition) is 4. The maximum absolute atomic E-state index is 12.9. The average Bonchev–Trinajstić information content (AvgIpc) is 3.03. The molecule has 0 spiro atoms. The van der Waals surface area contributed by atoms with Crippen LogP contribution in [-0.2, 0) is 14.3 Å². The van der Waals surface area contributed by atoms with Crippen LogP contribution in [-0.4, -0.2) is 28.5 Å². The zero-order valence-electron chi connectivity index (χ0n) is 14.4. The maximum Gasteiger partial charge on any atom is 0.375 e. The van der Waals surface area contributed by atoms with Crippen molar-refractivity contribution in [1.82, 2.24) is 4.40 Å². The van der Waals surface area contributed by atoms with Gasteiger partial charge in [0.15, 0.2) is 5.78 Å². The molecule has 0 atom stereocenters. The number of Topliss-reactive ketones (excluding diaryl/α,β-unsaturated/α-hetero) is 2. The van der Waals surface area contributed by atoms with E-state index in [1.807, 2.05) is 18.2 Å². The van der Waals surface area contributed by atoms with Gasteiger partial charge in [-0.25, -0.2) is 4.79 Å². The Morgan fingerprint density at radius 3 is 2.52 bits per heavy atom. The third kappa shape index (κ3) is 3.89. The lowest BCUT2D eigenvalue weighted by molar-refractivity contribution is -0.153. The second kappa shape index (κ2) is 7.94. The van der Waals surface area contributed by atoms with Gasteiger partial charge in [0.2, 0.25) is 5.78 Å². The molecule has 0 aliphatic carbocycles. The van der Waals surface area contributed by atoms with E-state index in [0.717, 1.165) is 5.52 Å². The van der Waals surface area contributed by atoms with Crippen molar-refractivity contribution in [2.45, 2.75) is 13.3 Å². The highest BCUT2D eigenvalue weighted by atomic mass is 35.5. The summed E-state index contributed by atoms with van der Waals surface area (Å²) in [5, 5.41) is 0.750. The molecule has 7 heteroatoms. The Balaban J connectivity index is 2.07. The number of nitrogens with zero attached hydrogens (tertiary/aromatic N) is 1. The zero-order valence-corrected chi connectivity index (χ0v) is 15.9. The van der Waals surface area contributed by atoms with Crippen LogP contribution in [0.2, 0.25) is 10.0 Å². The fraction of sp³-hybridized carbons (Fsp3) is 0.150. The molecule has 138 valence electrons. The topological polar surface area (TPSA) is 64.9 Å². The summed E-state index contributed by atoms with van der Waals surface area (Å²) in [5.74, 6) is -2.38. The molecule has 5 nitrogen and oxygen atoms in total. The van der Waals surface area contributed by atoms with Crippen LogP contribution in [0.25, 0.3) is 16.6 Å². The molecule has 0 unspecified atom stereocenters. The Bertz CT molecular complexity index is 1060. The second-order valence-electron chi connectivity index (χ2n) is 5.77. The summed E-state index contributed by atoms with van der Waals surface area (Å²) < 4.78 is 6.35. The molecular formula is C20H15Cl2NO4. The van der Waals surface area contributed by atoms with Crippen molar-refractivity contribution >= 4 is 46.3 Å². The monoisotopic (exact) mass is 403 g/mol. The van der Waals surface area contributed by atoms with Crippen LogP contribution >= 0.6 is 23.2 Å². The van der Waals surface area contributed by atoms with Gasteiger partial charge in [-0.3, -0.25) is 9.59 Å². The molecule has 0 aliphatic rings. The predicted octanol–water partition coefficient (Wildman–Crippen LogP) is 4.62. The number of aromatic nitrogens is 1. The van der Waals surface area contributed by atoms with Crippen LogP contribution in [0.1, 0.15) is 23.8 Å². The van der Waals surface area contributed by atoms with Crippen molar-refractivity contribution in [3.63, 3.8) is 0 Å². The minimum atomic E-state index is -1.01. The highest BCUT2D eigenvalue weighted by molar-refractivity contribution is 6.42. The fourth-order valence-electron chi connectivity index (χ4n) is 2.81. The predicted molar refractivity (Wildman–Crippen MR) is 103 cm³/mol. The van der Waals surface area contributed by atoms with E-state index in [2.05, 4.69) is 4.74 Å². The third-order valence-electron chi connectivity index (χ3n) is 4.00. The Morgan fingerprint density at radius 2 is 1.81 bits per heavy atom. The SMILES string of the molecule is CCOC(=O)C(=O)CC(=O)c1c(-c2ccc(Cl)c(Cl)c2)cc2ccccn12. The number of ether oxygens (including phenoxy) is 1. The van der Waals surface area contributed by atoms with E-state index in [4.69, 9.17) is 23.2 Å². The van der Waals surface area contributed by atoms with E-state index in [1.54, 1.807) is 41.8 Å². The number of ketones is 2. The second-order valence-corrected chi connectivity index (χ2v) is 6.59. The van der Waals surface area contributed by atoms with Crippen LogP contribution in [0.5, 0.6) is 0 Å². The van der Waals surface area contributed by atoms with Gasteiger partial charge in [0.1, 0.15) is 0 Å². The highest BCUT2D eigenvalue weighted by Crippen LogP contribution is 2.33. The van der Waals surface area contributed by atoms with Crippen molar-refractivity contribution in [3.8, 4) is 11.1 Å². The van der Waals surface area contributed by atoms with Crippen LogP contribution in [0.3, 0.4) is 0 Å². The Labute approximate surface area is 165 Å². The van der Waals surface area contributed by atoms with Crippen molar-refractivity contribution in [1.29, 1.82) is 0 Å². The molecule has 2 heterocycles. The zero-order chi connectivity index (χ0) is 19.6. The molecule has 0 radical (unpaired) electrons. The Hall–Kier alpha value is -2.63. The molecule has 27 heavy (non-hydrogen) atoms. The minimum Gasteiger partial charge on any atom is -0.460 e. The van der Waals surface area contributed by atoms with Gasteiger partial charge in [-0.15, -0.1) is 0 Å². The van der Waals surface area contributed by atoms with Crippen molar-refractivity contribution < 1.29 is 19.1 Å². The van der Waals surface area contributed by atoms with Crippen molar-refractivity contribution in [2.24, 2.45) is 0 Å². The van der Waals surface area contributed by atoms with E-state index in [1.165, 1.54) is 0 Å². The maximum atomic E-state index is 12.9. The van der Waals surface area contributed by atoms with Crippen molar-refractivity contribution in [3.05, 3.63) is 64.4 Å². The average molecular weight is 404 g/mol. The Kier molecular flexibility index (Phi) is 5.63. The quantitative estimate of drug-likeness (QED) is 0.260. The first kappa shape index (κ1) is 19.1. The lowest BCUT2D eigenvalue weighted by Gasteiger charge is -2.07. The molecule has 3 aromatic rings. The summed E-state index contributed by atoms with van der Waals surface area (Å²) in [7, 11) is 0. The first-order valence-corrected chi connectivity index (χ1v) is 8.96. The van der Waals surface area contributed by atoms with Crippen LogP contribution in [0.4, 0.5) is 0 Å². The number of esters is 1. The highest BCUT2D eigenvalue weighted by Gasteiger charge is 2.25. The van der Waals surface area contributed by atoms with E-state index >= 15 is 0 Å². The minimum absolute atomic E-state index is 0.0708. The summed E-state index contributed by atoms with van der Waals surface area (Å²) in [6, 6.07) is 12.3. The normalized spacial score (nSPS) is 10.8. The van der Waals surface area contributed by atoms with E-state index in [-0.39, 0.29) is 6.61 Å². The summed E-state index contributed by atoms with van der Waals surface area (Å²) in [6.07, 6.45) is 1.15. The smallest absolute Gasteiger partial charge is 0.375 e. The van der Waals surface area contributed by atoms with Gasteiger partial charge < -0.3 is 9.14 Å². The molecule has 0 aliphatic heterocycles. The molecule has 0 saturated heterocycles. The summed E-state index contributed by atoms with van der Waals surface area (Å²) >= 11 is 12.1. The van der Waals surface area contributed by atoms with Gasteiger partial charge in [-0.05, 0) is 42.8 Å². The molecule has 0 N–H and O–H groups in total. The molecular weight excluding hydrogens is 389 g/mol. The van der Waals surface area contributed by atoms with Gasteiger partial charge in [0.25, 0.3) is 0 Å². The van der Waals surface area contributed by atoms with Crippen LogP contribution in [0, 0.1) is 0 Å². The number of fused-ring (bicyclic) bond motifs is 1. The number of benzene rings is 1.